The fourth-order valence-corrected chi connectivity index (χ4v) is 0.428. The summed E-state index contributed by atoms with van der Waals surface area (Å²) >= 11 is 0. The molecule has 0 aromatic carbocycles. The fourth-order valence-electron chi connectivity index (χ4n) is 0.428. The summed E-state index contributed by atoms with van der Waals surface area (Å²) in [5.74, 6) is -1.12. The topological polar surface area (TPSA) is 117 Å². The van der Waals surface area contributed by atoms with Gasteiger partial charge in [-0.3, -0.25) is 0 Å². The molecule has 0 radical (unpaired) electrons. The van der Waals surface area contributed by atoms with Crippen molar-refractivity contribution in [2.75, 3.05) is 13.2 Å². The summed E-state index contributed by atoms with van der Waals surface area (Å²) in [7, 11) is 0. The Balaban J connectivity index is 3.75. The van der Waals surface area contributed by atoms with Crippen LogP contribution in [0.3, 0.4) is 0 Å². The smallest absolute Gasteiger partial charge is 0.434 e. The van der Waals surface area contributed by atoms with E-state index >= 15 is 0 Å². The predicted molar refractivity (Wildman–Crippen MR) is 43.8 cm³/mol. The Morgan fingerprint density at radius 1 is 1.38 bits per heavy atom. The van der Waals surface area contributed by atoms with Crippen molar-refractivity contribution in [2.45, 2.75) is 6.92 Å². The Labute approximate surface area is 74.7 Å². The van der Waals surface area contributed by atoms with Gasteiger partial charge in [-0.05, 0) is 6.92 Å². The molecule has 0 aromatic heterocycles. The van der Waals surface area contributed by atoms with Gasteiger partial charge in [-0.1, -0.05) is 0 Å². The van der Waals surface area contributed by atoms with Crippen molar-refractivity contribution in [1.82, 2.24) is 0 Å². The van der Waals surface area contributed by atoms with Crippen molar-refractivity contribution < 1.29 is 19.1 Å². The lowest BCUT2D eigenvalue weighted by atomic mass is 10.7. The molecule has 0 rings (SSSR count). The Morgan fingerprint density at radius 2 is 2.00 bits per heavy atom. The van der Waals surface area contributed by atoms with Gasteiger partial charge in [0, 0.05) is 0 Å². The number of hydrogen-bond donors (Lipinski definition) is 2. The summed E-state index contributed by atoms with van der Waals surface area (Å²) in [5.41, 5.74) is 9.87. The zero-order valence-corrected chi connectivity index (χ0v) is 7.15. The fraction of sp³-hybridized carbons (Fsp3) is 0.500. The van der Waals surface area contributed by atoms with Gasteiger partial charge in [-0.25, -0.2) is 14.6 Å². The first-order chi connectivity index (χ1) is 6.06. The molecule has 0 unspecified atom stereocenters. The van der Waals surface area contributed by atoms with E-state index in [-0.39, 0.29) is 12.6 Å². The third-order valence-corrected chi connectivity index (χ3v) is 0.850. The third-order valence-electron chi connectivity index (χ3n) is 0.850. The molecule has 74 valence electrons. The highest BCUT2D eigenvalue weighted by Gasteiger charge is 2.09. The number of nitrogens with two attached hydrogens (primary N) is 2. The number of rotatable bonds is 3. The Morgan fingerprint density at radius 3 is 2.46 bits per heavy atom. The molecule has 0 aromatic rings. The van der Waals surface area contributed by atoms with E-state index in [9.17, 15) is 9.59 Å². The molecular formula is C6H11N3O4. The molecule has 0 atom stereocenters. The number of carbonyl (C=O) groups is 2. The molecule has 0 fully saturated rings. The Hall–Kier alpha value is -1.79. The van der Waals surface area contributed by atoms with E-state index in [1.807, 2.05) is 0 Å². The second-order valence-corrected chi connectivity index (χ2v) is 1.90. The minimum atomic E-state index is -1.06. The molecule has 0 bridgehead atoms. The molecule has 7 heteroatoms. The van der Waals surface area contributed by atoms with Gasteiger partial charge < -0.3 is 20.9 Å². The maximum Gasteiger partial charge on any atom is 0.516 e. The van der Waals surface area contributed by atoms with E-state index in [0.717, 1.165) is 0 Å². The van der Waals surface area contributed by atoms with Gasteiger partial charge in [-0.15, -0.1) is 0 Å². The predicted octanol–water partition coefficient (Wildman–Crippen LogP) is -1.04. The van der Waals surface area contributed by atoms with Crippen molar-refractivity contribution in [1.29, 1.82) is 0 Å². The highest BCUT2D eigenvalue weighted by molar-refractivity contribution is 5.85. The molecule has 0 spiro atoms. The monoisotopic (exact) mass is 189 g/mol. The van der Waals surface area contributed by atoms with Gasteiger partial charge >= 0.3 is 12.1 Å². The van der Waals surface area contributed by atoms with Crippen molar-refractivity contribution >= 4 is 18.1 Å². The van der Waals surface area contributed by atoms with Crippen LogP contribution in [0.2, 0.25) is 0 Å². The summed E-state index contributed by atoms with van der Waals surface area (Å²) in [4.78, 5) is 24.5. The maximum absolute atomic E-state index is 10.7. The number of carbonyl (C=O) groups excluding carboxylic acids is 2. The van der Waals surface area contributed by atoms with E-state index in [4.69, 9.17) is 11.5 Å². The SMILES string of the molecule is CCOC(=O)OC(=O)CN=C(N)N. The zero-order valence-electron chi connectivity index (χ0n) is 7.15. The molecule has 0 saturated heterocycles. The number of aliphatic imine (C=N–C) groups is 1. The van der Waals surface area contributed by atoms with Crippen LogP contribution in [-0.2, 0) is 14.3 Å². The van der Waals surface area contributed by atoms with E-state index in [1.54, 1.807) is 6.92 Å². The normalized spacial score (nSPS) is 8.69. The molecular weight excluding hydrogens is 178 g/mol. The van der Waals surface area contributed by atoms with Crippen molar-refractivity contribution in [2.24, 2.45) is 16.5 Å². The van der Waals surface area contributed by atoms with Crippen molar-refractivity contribution in [3.8, 4) is 0 Å². The van der Waals surface area contributed by atoms with Crippen LogP contribution in [0.1, 0.15) is 6.92 Å². The first-order valence-electron chi connectivity index (χ1n) is 3.49. The Bertz CT molecular complexity index is 222. The summed E-state index contributed by atoms with van der Waals surface area (Å²) < 4.78 is 8.45. The van der Waals surface area contributed by atoms with Gasteiger partial charge in [0.2, 0.25) is 0 Å². The lowest BCUT2D eigenvalue weighted by molar-refractivity contribution is -0.138. The van der Waals surface area contributed by atoms with Crippen LogP contribution in [0.15, 0.2) is 4.99 Å². The maximum atomic E-state index is 10.7. The number of hydrogen-bond acceptors (Lipinski definition) is 5. The van der Waals surface area contributed by atoms with Crippen LogP contribution in [0.25, 0.3) is 0 Å². The van der Waals surface area contributed by atoms with E-state index in [0.29, 0.717) is 0 Å². The zero-order chi connectivity index (χ0) is 10.3. The van der Waals surface area contributed by atoms with E-state index in [2.05, 4.69) is 14.5 Å². The van der Waals surface area contributed by atoms with Crippen LogP contribution >= 0.6 is 0 Å². The van der Waals surface area contributed by atoms with Crippen LogP contribution in [0.5, 0.6) is 0 Å². The summed E-state index contributed by atoms with van der Waals surface area (Å²) in [6.07, 6.45) is -1.06. The number of nitrogens with zero attached hydrogens (tertiary/aromatic N) is 1. The van der Waals surface area contributed by atoms with Crippen LogP contribution in [-0.4, -0.2) is 31.2 Å². The van der Waals surface area contributed by atoms with Crippen molar-refractivity contribution in [3.63, 3.8) is 0 Å². The molecule has 0 amide bonds. The van der Waals surface area contributed by atoms with Gasteiger partial charge in [0.05, 0.1) is 6.61 Å². The highest BCUT2D eigenvalue weighted by atomic mass is 16.7. The standard InChI is InChI=1S/C6H11N3O4/c1-2-12-6(11)13-4(10)3-9-5(7)8/h2-3H2,1H3,(H4,7,8,9). The van der Waals surface area contributed by atoms with Gasteiger partial charge in [0.25, 0.3) is 0 Å². The quantitative estimate of drug-likeness (QED) is 0.253. The molecule has 13 heavy (non-hydrogen) atoms. The van der Waals surface area contributed by atoms with Crippen LogP contribution in [0.4, 0.5) is 4.79 Å². The van der Waals surface area contributed by atoms with Gasteiger partial charge in [-0.2, -0.15) is 0 Å². The Kier molecular flexibility index (Phi) is 5.01. The molecule has 4 N–H and O–H groups in total. The molecule has 0 saturated carbocycles. The highest BCUT2D eigenvalue weighted by Crippen LogP contribution is 1.86. The first-order valence-corrected chi connectivity index (χ1v) is 3.49. The number of ether oxygens (including phenoxy) is 2. The second-order valence-electron chi connectivity index (χ2n) is 1.90. The van der Waals surface area contributed by atoms with E-state index in [1.165, 1.54) is 0 Å². The molecule has 0 aliphatic heterocycles. The molecule has 0 aliphatic carbocycles. The van der Waals surface area contributed by atoms with Crippen molar-refractivity contribution in [3.05, 3.63) is 0 Å². The van der Waals surface area contributed by atoms with E-state index < -0.39 is 18.7 Å². The lowest BCUT2D eigenvalue weighted by Crippen LogP contribution is -2.25. The minimum Gasteiger partial charge on any atom is -0.434 e. The lowest BCUT2D eigenvalue weighted by Gasteiger charge is -2.00. The third kappa shape index (κ3) is 6.60. The summed E-state index contributed by atoms with van der Waals surface area (Å²) in [6.45, 7) is 1.32. The number of guanidine groups is 1. The number of esters is 1. The molecule has 0 aliphatic rings. The minimum absolute atomic E-state index is 0.133. The molecule has 0 heterocycles. The van der Waals surface area contributed by atoms with Crippen LogP contribution < -0.4 is 11.5 Å². The van der Waals surface area contributed by atoms with Gasteiger partial charge in [0.15, 0.2) is 5.96 Å². The largest absolute Gasteiger partial charge is 0.516 e. The summed E-state index contributed by atoms with van der Waals surface area (Å²) in [6, 6.07) is 0. The average Bonchev–Trinajstić information content (AvgIpc) is 2.01. The average molecular weight is 189 g/mol. The van der Waals surface area contributed by atoms with Crippen LogP contribution in [0, 0.1) is 0 Å². The summed E-state index contributed by atoms with van der Waals surface area (Å²) in [5, 5.41) is 0. The second kappa shape index (κ2) is 5.81. The van der Waals surface area contributed by atoms with Gasteiger partial charge in [0.1, 0.15) is 6.54 Å². The molecule has 7 nitrogen and oxygen atoms in total. The first kappa shape index (κ1) is 11.2.